The fourth-order valence-electron chi connectivity index (χ4n) is 1.02. The summed E-state index contributed by atoms with van der Waals surface area (Å²) in [6, 6.07) is 3.63. The number of aliphatic hydroxyl groups is 1. The van der Waals surface area contributed by atoms with Gasteiger partial charge in [-0.25, -0.2) is 14.8 Å². The second-order valence-electron chi connectivity index (χ2n) is 3.24. The van der Waals surface area contributed by atoms with Gasteiger partial charge in [0.05, 0.1) is 6.61 Å². The zero-order chi connectivity index (χ0) is 12.3. The first-order chi connectivity index (χ1) is 8.33. The van der Waals surface area contributed by atoms with E-state index in [1.807, 2.05) is 6.07 Å². The summed E-state index contributed by atoms with van der Waals surface area (Å²) < 4.78 is 6.22. The number of rotatable bonds is 9. The molecule has 1 rings (SSSR count). The normalized spacial score (nSPS) is 10.5. The molecule has 1 heterocycles. The van der Waals surface area contributed by atoms with Crippen molar-refractivity contribution < 1.29 is 19.6 Å². The quantitative estimate of drug-likeness (QED) is 0.429. The summed E-state index contributed by atoms with van der Waals surface area (Å²) in [4.78, 5) is 13.8. The van der Waals surface area contributed by atoms with Crippen LogP contribution in [0.25, 0.3) is 0 Å². The van der Waals surface area contributed by atoms with Crippen LogP contribution in [0.15, 0.2) is 22.8 Å². The Morgan fingerprint density at radius 1 is 1.12 bits per heavy atom. The number of halogens is 1. The van der Waals surface area contributed by atoms with Crippen molar-refractivity contribution >= 4 is 15.9 Å². The summed E-state index contributed by atoms with van der Waals surface area (Å²) in [7, 11) is 0. The minimum atomic E-state index is 0.182. The molecule has 0 aromatic carbocycles. The monoisotopic (exact) mass is 305 g/mol. The van der Waals surface area contributed by atoms with Crippen LogP contribution >= 0.6 is 15.9 Å². The highest BCUT2D eigenvalue weighted by atomic mass is 79.9. The molecule has 0 fully saturated rings. The van der Waals surface area contributed by atoms with Crippen LogP contribution in [0, 0.1) is 0 Å². The average Bonchev–Trinajstić information content (AvgIpc) is 2.35. The van der Waals surface area contributed by atoms with Crippen molar-refractivity contribution in [1.29, 1.82) is 0 Å². The van der Waals surface area contributed by atoms with Gasteiger partial charge < -0.3 is 9.84 Å². The smallest absolute Gasteiger partial charge is 0.213 e. The Bertz CT molecular complexity index is 294. The van der Waals surface area contributed by atoms with Gasteiger partial charge in [0.15, 0.2) is 0 Å². The van der Waals surface area contributed by atoms with E-state index in [2.05, 4.69) is 20.9 Å². The fraction of sp³-hybridized carbons (Fsp3) is 0.545. The molecule has 0 spiro atoms. The van der Waals surface area contributed by atoms with E-state index in [4.69, 9.17) is 19.6 Å². The zero-order valence-electron chi connectivity index (χ0n) is 9.47. The number of unbranched alkanes of at least 4 members (excludes halogenated alkanes) is 1. The second-order valence-corrected chi connectivity index (χ2v) is 4.15. The van der Waals surface area contributed by atoms with E-state index in [9.17, 15) is 0 Å². The summed E-state index contributed by atoms with van der Waals surface area (Å²) in [6.45, 7) is 1.39. The molecule has 0 bridgehead atoms. The minimum absolute atomic E-state index is 0.182. The molecule has 1 N–H and O–H groups in total. The first-order valence-corrected chi connectivity index (χ1v) is 6.22. The molecule has 0 saturated heterocycles. The third-order valence-electron chi connectivity index (χ3n) is 1.84. The van der Waals surface area contributed by atoms with Crippen molar-refractivity contribution in [3.63, 3.8) is 0 Å². The summed E-state index contributed by atoms with van der Waals surface area (Å²) in [5, 5.41) is 8.53. The summed E-state index contributed by atoms with van der Waals surface area (Å²) in [6.07, 6.45) is 3.18. The van der Waals surface area contributed by atoms with Gasteiger partial charge in [-0.15, -0.1) is 0 Å². The molecule has 0 radical (unpaired) electrons. The van der Waals surface area contributed by atoms with Crippen LogP contribution in [0.1, 0.15) is 12.8 Å². The van der Waals surface area contributed by atoms with Crippen LogP contribution in [0.3, 0.4) is 0 Å². The molecule has 6 heteroatoms. The molecule has 0 atom stereocenters. The van der Waals surface area contributed by atoms with E-state index in [-0.39, 0.29) is 6.61 Å². The lowest BCUT2D eigenvalue weighted by Crippen LogP contribution is -2.08. The first kappa shape index (κ1) is 14.4. The molecule has 1 aromatic rings. The highest BCUT2D eigenvalue weighted by Gasteiger charge is 1.95. The Kier molecular flexibility index (Phi) is 7.91. The molecule has 0 amide bonds. The van der Waals surface area contributed by atoms with Crippen LogP contribution in [-0.4, -0.2) is 36.5 Å². The van der Waals surface area contributed by atoms with Gasteiger partial charge in [0, 0.05) is 23.3 Å². The summed E-state index contributed by atoms with van der Waals surface area (Å²) in [5.41, 5.74) is 0. The lowest BCUT2D eigenvalue weighted by atomic mass is 10.3. The van der Waals surface area contributed by atoms with Crippen molar-refractivity contribution in [3.8, 4) is 5.88 Å². The van der Waals surface area contributed by atoms with Gasteiger partial charge in [-0.2, -0.15) is 0 Å². The molecule has 0 saturated carbocycles. The van der Waals surface area contributed by atoms with E-state index in [0.29, 0.717) is 25.7 Å². The van der Waals surface area contributed by atoms with Gasteiger partial charge in [0.1, 0.15) is 13.2 Å². The van der Waals surface area contributed by atoms with Gasteiger partial charge >= 0.3 is 0 Å². The predicted octanol–water partition coefficient (Wildman–Crippen LogP) is 1.94. The Balaban J connectivity index is 1.95. The number of hydrogen-bond donors (Lipinski definition) is 1. The Morgan fingerprint density at radius 3 is 2.65 bits per heavy atom. The van der Waals surface area contributed by atoms with Gasteiger partial charge in [-0.1, -0.05) is 0 Å². The number of hydrogen-bond acceptors (Lipinski definition) is 5. The van der Waals surface area contributed by atoms with Crippen LogP contribution in [-0.2, 0) is 9.78 Å². The van der Waals surface area contributed by atoms with Crippen molar-refractivity contribution in [2.75, 3.05) is 26.4 Å². The number of nitrogens with zero attached hydrogens (tertiary/aromatic N) is 1. The highest BCUT2D eigenvalue weighted by molar-refractivity contribution is 9.10. The maximum atomic E-state index is 8.53. The standard InChI is InChI=1S/C11H16BrNO4/c12-10-3-4-11(13-9-10)15-7-8-17-16-6-2-1-5-14/h3-4,9,14H,1-2,5-8H2. The number of aliphatic hydroxyl groups excluding tert-OH is 1. The van der Waals surface area contributed by atoms with Crippen molar-refractivity contribution in [3.05, 3.63) is 22.8 Å². The topological polar surface area (TPSA) is 60.8 Å². The van der Waals surface area contributed by atoms with E-state index < -0.39 is 0 Å². The van der Waals surface area contributed by atoms with Crippen LogP contribution in [0.4, 0.5) is 0 Å². The van der Waals surface area contributed by atoms with E-state index >= 15 is 0 Å². The van der Waals surface area contributed by atoms with Gasteiger partial charge in [0.2, 0.25) is 5.88 Å². The number of pyridine rings is 1. The van der Waals surface area contributed by atoms with Crippen LogP contribution in [0.5, 0.6) is 5.88 Å². The van der Waals surface area contributed by atoms with Crippen LogP contribution < -0.4 is 4.74 Å². The molecular weight excluding hydrogens is 290 g/mol. The maximum Gasteiger partial charge on any atom is 0.213 e. The Hall–Kier alpha value is -0.690. The molecule has 17 heavy (non-hydrogen) atoms. The molecule has 0 aliphatic heterocycles. The first-order valence-electron chi connectivity index (χ1n) is 5.42. The molecule has 0 unspecified atom stereocenters. The highest BCUT2D eigenvalue weighted by Crippen LogP contribution is 2.11. The Labute approximate surface area is 109 Å². The number of aromatic nitrogens is 1. The third kappa shape index (κ3) is 7.27. The van der Waals surface area contributed by atoms with E-state index in [0.717, 1.165) is 17.3 Å². The molecule has 0 aliphatic rings. The molecule has 96 valence electrons. The van der Waals surface area contributed by atoms with Gasteiger partial charge in [0.25, 0.3) is 0 Å². The van der Waals surface area contributed by atoms with Crippen molar-refractivity contribution in [2.45, 2.75) is 12.8 Å². The molecule has 5 nitrogen and oxygen atoms in total. The average molecular weight is 306 g/mol. The lowest BCUT2D eigenvalue weighted by Gasteiger charge is -2.05. The summed E-state index contributed by atoms with van der Waals surface area (Å²) in [5.74, 6) is 0.553. The van der Waals surface area contributed by atoms with Crippen molar-refractivity contribution in [1.82, 2.24) is 4.98 Å². The van der Waals surface area contributed by atoms with Crippen molar-refractivity contribution in [2.24, 2.45) is 0 Å². The third-order valence-corrected chi connectivity index (χ3v) is 2.31. The van der Waals surface area contributed by atoms with Crippen LogP contribution in [0.2, 0.25) is 0 Å². The fourth-order valence-corrected chi connectivity index (χ4v) is 1.25. The van der Waals surface area contributed by atoms with Gasteiger partial charge in [-0.3, -0.25) is 0 Å². The molecule has 1 aromatic heterocycles. The van der Waals surface area contributed by atoms with Gasteiger partial charge in [-0.05, 0) is 34.8 Å². The lowest BCUT2D eigenvalue weighted by molar-refractivity contribution is -0.297. The van der Waals surface area contributed by atoms with E-state index in [1.54, 1.807) is 12.3 Å². The molecular formula is C11H16BrNO4. The predicted molar refractivity (Wildman–Crippen MR) is 65.7 cm³/mol. The Morgan fingerprint density at radius 2 is 1.94 bits per heavy atom. The maximum absolute atomic E-state index is 8.53. The molecule has 0 aliphatic carbocycles. The largest absolute Gasteiger partial charge is 0.475 e. The minimum Gasteiger partial charge on any atom is -0.475 e. The zero-order valence-corrected chi connectivity index (χ0v) is 11.1. The summed E-state index contributed by atoms with van der Waals surface area (Å²) >= 11 is 3.29. The van der Waals surface area contributed by atoms with E-state index in [1.165, 1.54) is 0 Å². The SMILES string of the molecule is OCCCCOOCCOc1ccc(Br)cn1. The number of ether oxygens (including phenoxy) is 1. The second kappa shape index (κ2) is 9.35.